The lowest BCUT2D eigenvalue weighted by atomic mass is 10.1. The van der Waals surface area contributed by atoms with Crippen molar-refractivity contribution in [3.63, 3.8) is 0 Å². The summed E-state index contributed by atoms with van der Waals surface area (Å²) in [5.41, 5.74) is 3.02. The van der Waals surface area contributed by atoms with Crippen molar-refractivity contribution in [2.45, 2.75) is 25.4 Å². The predicted octanol–water partition coefficient (Wildman–Crippen LogP) is 4.80. The van der Waals surface area contributed by atoms with Gasteiger partial charge in [0.1, 0.15) is 28.6 Å². The number of thioether (sulfide) groups is 1. The zero-order valence-corrected chi connectivity index (χ0v) is 16.3. The van der Waals surface area contributed by atoms with E-state index in [1.165, 1.54) is 30.2 Å². The molecule has 4 aromatic rings. The number of fused-ring (bicyclic) bond motifs is 1. The van der Waals surface area contributed by atoms with Crippen molar-refractivity contribution in [3.05, 3.63) is 77.4 Å². The maximum atomic E-state index is 13.9. The van der Waals surface area contributed by atoms with Crippen LogP contribution in [0, 0.1) is 19.7 Å². The molecule has 0 aliphatic carbocycles. The van der Waals surface area contributed by atoms with Gasteiger partial charge in [0.25, 0.3) is 0 Å². The third kappa shape index (κ3) is 3.33. The highest BCUT2D eigenvalue weighted by atomic mass is 32.2. The van der Waals surface area contributed by atoms with Crippen LogP contribution < -0.4 is 0 Å². The molecule has 0 spiro atoms. The van der Waals surface area contributed by atoms with E-state index in [-0.39, 0.29) is 17.1 Å². The van der Waals surface area contributed by atoms with Gasteiger partial charge in [0.15, 0.2) is 5.78 Å². The predicted molar refractivity (Wildman–Crippen MR) is 106 cm³/mol. The standard InChI is InChI=1S/C21H18FN3O2S/c1-13-14(2)25(10-15-6-5-9-27-15)20-19(13)21(24-12-23-20)28-11-18(26)16-7-3-4-8-17(16)22/h3-9,12H,10-11H2,1-2H3. The summed E-state index contributed by atoms with van der Waals surface area (Å²) in [4.78, 5) is 21.3. The molecule has 0 aliphatic heterocycles. The Hall–Kier alpha value is -2.93. The topological polar surface area (TPSA) is 60.9 Å². The van der Waals surface area contributed by atoms with Crippen LogP contribution in [0.3, 0.4) is 0 Å². The summed E-state index contributed by atoms with van der Waals surface area (Å²) in [6.07, 6.45) is 3.14. The third-order valence-electron chi connectivity index (χ3n) is 4.78. The van der Waals surface area contributed by atoms with E-state index in [2.05, 4.69) is 14.5 Å². The molecule has 0 saturated carbocycles. The van der Waals surface area contributed by atoms with Crippen LogP contribution in [-0.4, -0.2) is 26.1 Å². The molecule has 0 bridgehead atoms. The van der Waals surface area contributed by atoms with Gasteiger partial charge in [0, 0.05) is 5.69 Å². The number of carbonyl (C=O) groups excluding carboxylic acids is 1. The number of aryl methyl sites for hydroxylation is 1. The highest BCUT2D eigenvalue weighted by Gasteiger charge is 2.19. The van der Waals surface area contributed by atoms with Gasteiger partial charge in [-0.05, 0) is 43.7 Å². The molecule has 0 aliphatic rings. The summed E-state index contributed by atoms with van der Waals surface area (Å²) in [5.74, 6) is 0.175. The fourth-order valence-corrected chi connectivity index (χ4v) is 4.13. The molecule has 142 valence electrons. The lowest BCUT2D eigenvalue weighted by Crippen LogP contribution is -2.05. The van der Waals surface area contributed by atoms with Crippen LogP contribution in [0.1, 0.15) is 27.4 Å². The first-order valence-corrected chi connectivity index (χ1v) is 9.78. The number of carbonyl (C=O) groups is 1. The molecule has 0 amide bonds. The molecule has 0 N–H and O–H groups in total. The number of furan rings is 1. The van der Waals surface area contributed by atoms with Gasteiger partial charge in [-0.15, -0.1) is 0 Å². The molecule has 7 heteroatoms. The van der Waals surface area contributed by atoms with Gasteiger partial charge in [0.2, 0.25) is 0 Å². The second-order valence-electron chi connectivity index (χ2n) is 6.45. The van der Waals surface area contributed by atoms with Crippen LogP contribution >= 0.6 is 11.8 Å². The fourth-order valence-electron chi connectivity index (χ4n) is 3.20. The number of hydrogen-bond acceptors (Lipinski definition) is 5. The van der Waals surface area contributed by atoms with Gasteiger partial charge in [0.05, 0.1) is 29.5 Å². The van der Waals surface area contributed by atoms with E-state index < -0.39 is 5.82 Å². The molecule has 0 unspecified atom stereocenters. The lowest BCUT2D eigenvalue weighted by molar-refractivity contribution is 0.101. The maximum absolute atomic E-state index is 13.9. The van der Waals surface area contributed by atoms with Crippen LogP contribution in [0.25, 0.3) is 11.0 Å². The molecule has 3 aromatic heterocycles. The number of aromatic nitrogens is 3. The Kier molecular flexibility index (Phi) is 5.00. The van der Waals surface area contributed by atoms with E-state index >= 15 is 0 Å². The Bertz CT molecular complexity index is 1150. The normalized spacial score (nSPS) is 11.2. The lowest BCUT2D eigenvalue weighted by Gasteiger charge is -2.06. The summed E-state index contributed by atoms with van der Waals surface area (Å²) in [6, 6.07) is 9.80. The molecule has 0 radical (unpaired) electrons. The number of Topliss-reactive ketones (excluding diaryl/α,β-unsaturated/α-hetero) is 1. The number of benzene rings is 1. The highest BCUT2D eigenvalue weighted by molar-refractivity contribution is 8.00. The van der Waals surface area contributed by atoms with E-state index in [0.717, 1.165) is 28.1 Å². The van der Waals surface area contributed by atoms with Gasteiger partial charge in [-0.25, -0.2) is 14.4 Å². The van der Waals surface area contributed by atoms with Gasteiger partial charge < -0.3 is 8.98 Å². The van der Waals surface area contributed by atoms with E-state index in [9.17, 15) is 9.18 Å². The average Bonchev–Trinajstić information content (AvgIpc) is 3.30. The smallest absolute Gasteiger partial charge is 0.176 e. The van der Waals surface area contributed by atoms with Crippen molar-refractivity contribution >= 4 is 28.6 Å². The zero-order valence-electron chi connectivity index (χ0n) is 15.5. The van der Waals surface area contributed by atoms with Crippen LogP contribution in [0.4, 0.5) is 4.39 Å². The van der Waals surface area contributed by atoms with Crippen LogP contribution in [0.5, 0.6) is 0 Å². The first kappa shape index (κ1) is 18.4. The molecule has 4 rings (SSSR count). The summed E-state index contributed by atoms with van der Waals surface area (Å²) >= 11 is 1.30. The average molecular weight is 395 g/mol. The van der Waals surface area contributed by atoms with E-state index in [4.69, 9.17) is 4.42 Å². The summed E-state index contributed by atoms with van der Waals surface area (Å²) in [5, 5.41) is 1.63. The molecular weight excluding hydrogens is 377 g/mol. The van der Waals surface area contributed by atoms with Gasteiger partial charge in [-0.1, -0.05) is 23.9 Å². The minimum atomic E-state index is -0.502. The molecule has 1 aromatic carbocycles. The Morgan fingerprint density at radius 1 is 1.18 bits per heavy atom. The van der Waals surface area contributed by atoms with E-state index in [1.54, 1.807) is 18.4 Å². The Balaban J connectivity index is 1.65. The molecule has 0 saturated heterocycles. The minimum absolute atomic E-state index is 0.101. The van der Waals surface area contributed by atoms with Crippen molar-refractivity contribution in [2.24, 2.45) is 0 Å². The van der Waals surface area contributed by atoms with Crippen molar-refractivity contribution in [1.29, 1.82) is 0 Å². The second kappa shape index (κ2) is 7.59. The number of rotatable bonds is 6. The molecular formula is C21H18FN3O2S. The maximum Gasteiger partial charge on any atom is 0.176 e. The first-order chi connectivity index (χ1) is 13.6. The second-order valence-corrected chi connectivity index (χ2v) is 7.41. The van der Waals surface area contributed by atoms with Crippen LogP contribution in [-0.2, 0) is 6.54 Å². The SMILES string of the molecule is Cc1c(C)n(Cc2ccco2)c2ncnc(SCC(=O)c3ccccc3F)c12. The molecule has 0 fully saturated rings. The third-order valence-corrected chi connectivity index (χ3v) is 5.77. The molecule has 28 heavy (non-hydrogen) atoms. The van der Waals surface area contributed by atoms with Gasteiger partial charge in [-0.2, -0.15) is 0 Å². The number of hydrogen-bond donors (Lipinski definition) is 0. The summed E-state index contributed by atoms with van der Waals surface area (Å²) in [7, 11) is 0. The van der Waals surface area contributed by atoms with E-state index in [0.29, 0.717) is 11.6 Å². The quantitative estimate of drug-likeness (QED) is 0.267. The minimum Gasteiger partial charge on any atom is -0.467 e. The zero-order chi connectivity index (χ0) is 19.7. The van der Waals surface area contributed by atoms with Crippen molar-refractivity contribution in [3.8, 4) is 0 Å². The monoisotopic (exact) mass is 395 g/mol. The van der Waals surface area contributed by atoms with Crippen LogP contribution in [0.15, 0.2) is 58.4 Å². The fraction of sp³-hybridized carbons (Fsp3) is 0.190. The van der Waals surface area contributed by atoms with Crippen molar-refractivity contribution in [1.82, 2.24) is 14.5 Å². The first-order valence-electron chi connectivity index (χ1n) is 8.79. The van der Waals surface area contributed by atoms with Gasteiger partial charge >= 0.3 is 0 Å². The highest BCUT2D eigenvalue weighted by Crippen LogP contribution is 2.32. The largest absolute Gasteiger partial charge is 0.467 e. The Morgan fingerprint density at radius 2 is 2.00 bits per heavy atom. The van der Waals surface area contributed by atoms with E-state index in [1.807, 2.05) is 26.0 Å². The summed E-state index contributed by atoms with van der Waals surface area (Å²) < 4.78 is 21.4. The summed E-state index contributed by atoms with van der Waals surface area (Å²) in [6.45, 7) is 4.61. The molecule has 5 nitrogen and oxygen atoms in total. The molecule has 0 atom stereocenters. The number of halogens is 1. The van der Waals surface area contributed by atoms with Crippen molar-refractivity contribution in [2.75, 3.05) is 5.75 Å². The van der Waals surface area contributed by atoms with Crippen LogP contribution in [0.2, 0.25) is 0 Å². The molecule has 3 heterocycles. The van der Waals surface area contributed by atoms with Gasteiger partial charge in [-0.3, -0.25) is 4.79 Å². The van der Waals surface area contributed by atoms with Crippen molar-refractivity contribution < 1.29 is 13.6 Å². The Labute approximate surface area is 165 Å². The number of nitrogens with zero attached hydrogens (tertiary/aromatic N) is 3. The number of ketones is 1. The Morgan fingerprint density at radius 3 is 2.75 bits per heavy atom.